The molecule has 0 aromatic carbocycles. The highest BCUT2D eigenvalue weighted by molar-refractivity contribution is 4.73. The van der Waals surface area contributed by atoms with Crippen LogP contribution in [0.5, 0.6) is 0 Å². The van der Waals surface area contributed by atoms with E-state index in [1.54, 1.807) is 0 Å². The Morgan fingerprint density at radius 1 is 0.250 bits per heavy atom. The molecule has 4 heteroatoms. The molecule has 0 rings (SSSR count). The molecule has 0 aliphatic carbocycles. The van der Waals surface area contributed by atoms with Crippen LogP contribution in [0.1, 0.15) is 160 Å². The summed E-state index contributed by atoms with van der Waals surface area (Å²) >= 11 is 0. The quantitative estimate of drug-likeness (QED) is 0.237. The van der Waals surface area contributed by atoms with Crippen molar-refractivity contribution in [3.8, 4) is 0 Å². The van der Waals surface area contributed by atoms with Gasteiger partial charge in [0.1, 0.15) is 0 Å². The van der Waals surface area contributed by atoms with Crippen LogP contribution >= 0.6 is 0 Å². The summed E-state index contributed by atoms with van der Waals surface area (Å²) in [5.74, 6) is 0. The summed E-state index contributed by atoms with van der Waals surface area (Å²) in [6.45, 7) is 24.2. The largest absolute Gasteiger partial charge is 0.390 e. The Morgan fingerprint density at radius 3 is 0.312 bits per heavy atom. The minimum absolute atomic E-state index is 0.375. The fraction of sp³-hybridized carbons (Fsp3) is 1.00. The molecule has 0 heterocycles. The first-order valence-corrected chi connectivity index (χ1v) is 13.6. The Labute approximate surface area is 203 Å². The third-order valence-electron chi connectivity index (χ3n) is 7.90. The average Bonchev–Trinajstić information content (AvgIpc) is 2.87. The molecule has 0 saturated heterocycles. The van der Waals surface area contributed by atoms with Crippen LogP contribution in [0.2, 0.25) is 0 Å². The van der Waals surface area contributed by atoms with E-state index in [0.29, 0.717) is 0 Å². The molecule has 0 aliphatic heterocycles. The van der Waals surface area contributed by atoms with Crippen LogP contribution in [0, 0.1) is 0 Å². The van der Waals surface area contributed by atoms with Crippen molar-refractivity contribution in [1.29, 1.82) is 0 Å². The average molecular weight is 465 g/mol. The normalized spacial score (nSPS) is 12.0. The monoisotopic (exact) mass is 464 g/mol. The van der Waals surface area contributed by atoms with Gasteiger partial charge in [-0.1, -0.05) is 83.1 Å². The van der Waals surface area contributed by atoms with Gasteiger partial charge in [0.25, 0.3) is 0 Å². The van der Waals surface area contributed by atoms with E-state index in [0.717, 1.165) is 77.0 Å². The number of rotatable bonds is 12. The lowest BCUT2D eigenvalue weighted by molar-refractivity contribution is 0.0281. The fourth-order valence-electron chi connectivity index (χ4n) is 3.00. The Morgan fingerprint density at radius 2 is 0.312 bits per heavy atom. The van der Waals surface area contributed by atoms with Gasteiger partial charge in [-0.25, -0.2) is 0 Å². The smallest absolute Gasteiger partial charge is 0.0640 e. The second-order valence-electron chi connectivity index (χ2n) is 9.14. The molecular formula is C28H64O4. The van der Waals surface area contributed by atoms with E-state index >= 15 is 0 Å². The number of aliphatic hydroxyl groups is 4. The molecule has 0 aromatic rings. The van der Waals surface area contributed by atoms with Gasteiger partial charge in [0, 0.05) is 0 Å². The molecular weight excluding hydrogens is 400 g/mol. The predicted octanol–water partition coefficient (Wildman–Crippen LogP) is 7.79. The lowest BCUT2D eigenvalue weighted by Gasteiger charge is -2.22. The molecule has 200 valence electrons. The van der Waals surface area contributed by atoms with Crippen molar-refractivity contribution in [2.24, 2.45) is 0 Å². The summed E-state index contributed by atoms with van der Waals surface area (Å²) in [5, 5.41) is 37.8. The van der Waals surface area contributed by atoms with Crippen molar-refractivity contribution < 1.29 is 20.4 Å². The van der Waals surface area contributed by atoms with Gasteiger partial charge in [0.05, 0.1) is 22.4 Å². The lowest BCUT2D eigenvalue weighted by atomic mass is 9.95. The standard InChI is InChI=1S/4C7H16O/c4*1-4-7(8,5-2)6-3/h4*8H,4-6H2,1-3H3. The van der Waals surface area contributed by atoms with Crippen LogP contribution in [-0.4, -0.2) is 42.8 Å². The fourth-order valence-corrected chi connectivity index (χ4v) is 3.00. The molecule has 4 nitrogen and oxygen atoms in total. The first-order chi connectivity index (χ1) is 14.7. The predicted molar refractivity (Wildman–Crippen MR) is 143 cm³/mol. The first-order valence-electron chi connectivity index (χ1n) is 13.6. The summed E-state index contributed by atoms with van der Waals surface area (Å²) in [7, 11) is 0. The summed E-state index contributed by atoms with van der Waals surface area (Å²) in [6, 6.07) is 0. The Kier molecular flexibility index (Phi) is 26.1. The van der Waals surface area contributed by atoms with Crippen molar-refractivity contribution in [1.82, 2.24) is 0 Å². The zero-order valence-corrected chi connectivity index (χ0v) is 24.3. The third-order valence-corrected chi connectivity index (χ3v) is 7.90. The zero-order chi connectivity index (χ0) is 26.5. The Balaban J connectivity index is -0.000000163. The van der Waals surface area contributed by atoms with Crippen LogP contribution in [0.15, 0.2) is 0 Å². The topological polar surface area (TPSA) is 80.9 Å². The van der Waals surface area contributed by atoms with Crippen LogP contribution < -0.4 is 0 Å². The summed E-state index contributed by atoms with van der Waals surface area (Å²) in [6.07, 6.45) is 10.5. The molecule has 0 bridgehead atoms. The van der Waals surface area contributed by atoms with Crippen molar-refractivity contribution >= 4 is 0 Å². The maximum Gasteiger partial charge on any atom is 0.0640 e. The van der Waals surface area contributed by atoms with Gasteiger partial charge in [0.15, 0.2) is 0 Å². The molecule has 0 saturated carbocycles. The molecule has 32 heavy (non-hydrogen) atoms. The highest BCUT2D eigenvalue weighted by Crippen LogP contribution is 2.19. The van der Waals surface area contributed by atoms with E-state index in [-0.39, 0.29) is 22.4 Å². The summed E-state index contributed by atoms with van der Waals surface area (Å²) in [5.41, 5.74) is -1.50. The van der Waals surface area contributed by atoms with Crippen molar-refractivity contribution in [2.75, 3.05) is 0 Å². The summed E-state index contributed by atoms with van der Waals surface area (Å²) in [4.78, 5) is 0. The van der Waals surface area contributed by atoms with Crippen LogP contribution in [-0.2, 0) is 0 Å². The summed E-state index contributed by atoms with van der Waals surface area (Å²) < 4.78 is 0. The van der Waals surface area contributed by atoms with Crippen molar-refractivity contribution in [3.05, 3.63) is 0 Å². The molecule has 0 spiro atoms. The number of hydrogen-bond acceptors (Lipinski definition) is 4. The Hall–Kier alpha value is -0.160. The van der Waals surface area contributed by atoms with Crippen molar-refractivity contribution in [2.45, 2.75) is 183 Å². The molecule has 0 amide bonds. The SMILES string of the molecule is CCC(O)(CC)CC.CCC(O)(CC)CC.CCC(O)(CC)CC.CCC(O)(CC)CC. The molecule has 4 N–H and O–H groups in total. The Bertz CT molecular complexity index is 261. The van der Waals surface area contributed by atoms with E-state index in [1.807, 2.05) is 83.1 Å². The highest BCUT2D eigenvalue weighted by atomic mass is 16.3. The maximum absolute atomic E-state index is 9.44. The van der Waals surface area contributed by atoms with E-state index < -0.39 is 0 Å². The third kappa shape index (κ3) is 19.3. The maximum atomic E-state index is 9.44. The van der Waals surface area contributed by atoms with Crippen LogP contribution in [0.3, 0.4) is 0 Å². The lowest BCUT2D eigenvalue weighted by Crippen LogP contribution is -2.24. The van der Waals surface area contributed by atoms with E-state index in [4.69, 9.17) is 0 Å². The van der Waals surface area contributed by atoms with Crippen LogP contribution in [0.25, 0.3) is 0 Å². The van der Waals surface area contributed by atoms with E-state index in [9.17, 15) is 20.4 Å². The van der Waals surface area contributed by atoms with E-state index in [1.165, 1.54) is 0 Å². The molecule has 0 fully saturated rings. The van der Waals surface area contributed by atoms with Gasteiger partial charge in [-0.3, -0.25) is 0 Å². The second-order valence-corrected chi connectivity index (χ2v) is 9.14. The molecule has 0 atom stereocenters. The van der Waals surface area contributed by atoms with Gasteiger partial charge in [-0.05, 0) is 77.0 Å². The van der Waals surface area contributed by atoms with Crippen molar-refractivity contribution in [3.63, 3.8) is 0 Å². The van der Waals surface area contributed by atoms with Gasteiger partial charge in [0.2, 0.25) is 0 Å². The van der Waals surface area contributed by atoms with Gasteiger partial charge in [-0.15, -0.1) is 0 Å². The molecule has 0 aliphatic rings. The van der Waals surface area contributed by atoms with Crippen LogP contribution in [0.4, 0.5) is 0 Å². The zero-order valence-electron chi connectivity index (χ0n) is 24.3. The second kappa shape index (κ2) is 21.4. The molecule has 0 unspecified atom stereocenters. The minimum atomic E-state index is -0.375. The minimum Gasteiger partial charge on any atom is -0.390 e. The molecule has 0 radical (unpaired) electrons. The van der Waals surface area contributed by atoms with E-state index in [2.05, 4.69) is 0 Å². The van der Waals surface area contributed by atoms with Gasteiger partial charge in [-0.2, -0.15) is 0 Å². The first kappa shape index (κ1) is 39.1. The van der Waals surface area contributed by atoms with Gasteiger partial charge >= 0.3 is 0 Å². The highest BCUT2D eigenvalue weighted by Gasteiger charge is 2.19. The van der Waals surface area contributed by atoms with Gasteiger partial charge < -0.3 is 20.4 Å². The molecule has 0 aromatic heterocycles. The number of hydrogen-bond donors (Lipinski definition) is 4.